The van der Waals surface area contributed by atoms with E-state index in [-0.39, 0.29) is 44.0 Å². The van der Waals surface area contributed by atoms with Crippen LogP contribution in [-0.2, 0) is 11.8 Å². The van der Waals surface area contributed by atoms with Crippen molar-refractivity contribution in [3.8, 4) is 33.4 Å². The lowest BCUT2D eigenvalue weighted by molar-refractivity contribution is 0.660. The van der Waals surface area contributed by atoms with Crippen LogP contribution in [0.4, 0.5) is 0 Å². The summed E-state index contributed by atoms with van der Waals surface area (Å²) in [5, 5.41) is -3.91. The fourth-order valence-corrected chi connectivity index (χ4v) is 7.44. The lowest BCUT2D eigenvalue weighted by Gasteiger charge is -2.21. The minimum Gasteiger partial charge on any atom is -0.455 e. The zero-order chi connectivity index (χ0) is 59.6. The average molecular weight is 705 g/mol. The zero-order valence-electron chi connectivity index (χ0n) is 55.6. The van der Waals surface area contributed by atoms with Crippen LogP contribution in [0.25, 0.3) is 87.6 Å². The van der Waals surface area contributed by atoms with Gasteiger partial charge in [-0.1, -0.05) is 171 Å². The van der Waals surface area contributed by atoms with Crippen LogP contribution >= 0.6 is 0 Å². The Morgan fingerprint density at radius 2 is 1.08 bits per heavy atom. The SMILES string of the molecule is [2H]c1c([2H])c([2H])c2c(c1[2H])-c1c(-c3c([2H])c([2H])c(-c4c5c([2H])c([2H])c([2H])c([2H])c5c(Cc5c([2H])c([2H])c([2H])c6oc7c8c([2H])c([2H])c([2H])c([2H])c8c([2H])c([2H])c7c56)c5c([2H])c([2H])c([2H])c([2H])c45)c([2H])c3[2H])c([2H])c([2H])c([2H])c1C2(C)C. The van der Waals surface area contributed by atoms with Gasteiger partial charge in [0.1, 0.15) is 11.2 Å². The van der Waals surface area contributed by atoms with Crippen molar-refractivity contribution in [3.63, 3.8) is 0 Å². The molecule has 1 aliphatic rings. The van der Waals surface area contributed by atoms with Crippen molar-refractivity contribution in [3.05, 3.63) is 191 Å². The van der Waals surface area contributed by atoms with Gasteiger partial charge in [0.15, 0.2) is 0 Å². The summed E-state index contributed by atoms with van der Waals surface area (Å²) < 4.78 is 261. The third-order valence-corrected chi connectivity index (χ3v) is 9.85. The fraction of sp³-hybridized carbons (Fsp3) is 0.0769. The summed E-state index contributed by atoms with van der Waals surface area (Å²) in [4.78, 5) is 0. The van der Waals surface area contributed by atoms with Gasteiger partial charge in [-0.05, 0) is 101 Å². The van der Waals surface area contributed by atoms with Gasteiger partial charge < -0.3 is 4.42 Å². The zero-order valence-corrected chi connectivity index (χ0v) is 27.6. The van der Waals surface area contributed by atoms with E-state index in [2.05, 4.69) is 0 Å². The van der Waals surface area contributed by atoms with E-state index in [1.807, 2.05) is 0 Å². The van der Waals surface area contributed by atoms with Crippen molar-refractivity contribution in [2.45, 2.75) is 25.7 Å². The molecule has 0 N–H and O–H groups in total. The van der Waals surface area contributed by atoms with Crippen molar-refractivity contribution in [2.24, 2.45) is 0 Å². The summed E-state index contributed by atoms with van der Waals surface area (Å²) in [5.41, 5.74) is -6.45. The van der Waals surface area contributed by atoms with Crippen molar-refractivity contribution in [2.75, 3.05) is 0 Å². The van der Waals surface area contributed by atoms with Crippen molar-refractivity contribution in [1.82, 2.24) is 0 Å². The van der Waals surface area contributed by atoms with Gasteiger partial charge in [0.2, 0.25) is 0 Å². The summed E-state index contributed by atoms with van der Waals surface area (Å²) in [6, 6.07) is -22.6. The Labute approximate surface area is 348 Å². The molecule has 0 amide bonds. The Hall–Kier alpha value is -6.44. The Kier molecular flexibility index (Phi) is 2.88. The molecule has 11 rings (SSSR count). The van der Waals surface area contributed by atoms with E-state index in [1.54, 1.807) is 0 Å². The van der Waals surface area contributed by atoms with Crippen LogP contribution in [0.3, 0.4) is 0 Å². The Bertz CT molecular complexity index is 4620. The molecule has 1 heteroatoms. The van der Waals surface area contributed by atoms with Crippen LogP contribution in [0.15, 0.2) is 174 Å². The van der Waals surface area contributed by atoms with Gasteiger partial charge in [-0.15, -0.1) is 0 Å². The normalized spacial score (nSPS) is 20.7. The number of fused-ring (bicyclic) bond motifs is 10. The van der Waals surface area contributed by atoms with E-state index in [4.69, 9.17) is 27.7 Å². The van der Waals surface area contributed by atoms with Crippen LogP contribution < -0.4 is 0 Å². The van der Waals surface area contributed by atoms with Crippen LogP contribution in [0.5, 0.6) is 0 Å². The van der Waals surface area contributed by atoms with Crippen LogP contribution in [0.1, 0.15) is 74.5 Å². The molecule has 1 aromatic heterocycles. The minimum absolute atomic E-state index is 0.0316. The molecule has 0 radical (unpaired) electrons. The Morgan fingerprint density at radius 1 is 0.472 bits per heavy atom. The second kappa shape index (κ2) is 11.3. The van der Waals surface area contributed by atoms with E-state index in [0.717, 1.165) is 0 Å². The molecular formula is C52H36O. The van der Waals surface area contributed by atoms with Crippen LogP contribution in [0.2, 0.25) is 0 Å². The van der Waals surface area contributed by atoms with Crippen LogP contribution in [-0.4, -0.2) is 0 Å². The number of hydrogen-bond donors (Lipinski definition) is 0. The first kappa shape index (κ1) is 13.5. The summed E-state index contributed by atoms with van der Waals surface area (Å²) in [5.74, 6) is 0. The highest BCUT2D eigenvalue weighted by Crippen LogP contribution is 2.52. The molecule has 0 saturated heterocycles. The van der Waals surface area contributed by atoms with E-state index in [1.165, 1.54) is 13.8 Å². The second-order valence-electron chi connectivity index (χ2n) is 13.0. The maximum atomic E-state index is 9.78. The molecule has 1 heterocycles. The quantitative estimate of drug-likeness (QED) is 0.166. The summed E-state index contributed by atoms with van der Waals surface area (Å²) in [6.07, 6.45) is -0.866. The number of furan rings is 1. The van der Waals surface area contributed by atoms with Gasteiger partial charge in [0.05, 0.1) is 38.4 Å². The first-order valence-corrected chi connectivity index (χ1v) is 16.4. The van der Waals surface area contributed by atoms with E-state index in [0.29, 0.717) is 0 Å². The molecule has 53 heavy (non-hydrogen) atoms. The number of benzene rings is 9. The molecule has 10 aromatic rings. The topological polar surface area (TPSA) is 13.1 Å². The maximum Gasteiger partial charge on any atom is 0.143 e. The third-order valence-electron chi connectivity index (χ3n) is 9.85. The molecule has 0 unspecified atom stereocenters. The number of hydrogen-bond acceptors (Lipinski definition) is 1. The van der Waals surface area contributed by atoms with Gasteiger partial charge in [0.25, 0.3) is 0 Å². The standard InChI is InChI=1S/C52H36O/c1-52(2)45-22-10-9-20-42(45)50-36(21-12-23-46(50)52)33-25-27-34(28-26-33)48-40-18-7-5-16-38(40)44(39-17-6-8-19-41(39)48)31-35-14-11-24-47-49(35)43-30-29-32-13-3-4-15-37(32)51(43)53-47/h3-30H,31H2,1-2H3/i3D,4D,5D,6D,7D,8D,9D,10D,11D,12D,13D,14D,15D,16D,17D,18D,19D,20D,21D,22D,23D,24D,25D,26D,27D,28D,29D,30D. The molecule has 9 aromatic carbocycles. The molecule has 1 aliphatic carbocycles. The molecule has 250 valence electrons. The Morgan fingerprint density at radius 3 is 1.85 bits per heavy atom. The number of rotatable bonds is 4. The molecule has 0 atom stereocenters. The van der Waals surface area contributed by atoms with Gasteiger partial charge in [-0.2, -0.15) is 0 Å². The van der Waals surface area contributed by atoms with Gasteiger partial charge in [-0.3, -0.25) is 0 Å². The molecular weight excluding hydrogens is 641 g/mol. The van der Waals surface area contributed by atoms with E-state index < -0.39 is 247 Å². The molecule has 0 saturated carbocycles. The molecule has 0 aliphatic heterocycles. The predicted octanol–water partition coefficient (Wildman–Crippen LogP) is 14.3. The monoisotopic (exact) mass is 704 g/mol. The fourth-order valence-electron chi connectivity index (χ4n) is 7.44. The molecule has 0 bridgehead atoms. The summed E-state index contributed by atoms with van der Waals surface area (Å²) in [7, 11) is 0. The second-order valence-corrected chi connectivity index (χ2v) is 13.0. The van der Waals surface area contributed by atoms with Gasteiger partial charge in [-0.25, -0.2) is 0 Å². The highest BCUT2D eigenvalue weighted by atomic mass is 16.3. The predicted molar refractivity (Wildman–Crippen MR) is 224 cm³/mol. The van der Waals surface area contributed by atoms with Gasteiger partial charge >= 0.3 is 0 Å². The summed E-state index contributed by atoms with van der Waals surface area (Å²) >= 11 is 0. The largest absolute Gasteiger partial charge is 0.455 e. The van der Waals surface area contributed by atoms with Crippen LogP contribution in [0, 0.1) is 0 Å². The van der Waals surface area contributed by atoms with Crippen molar-refractivity contribution < 1.29 is 42.8 Å². The average Bonchev–Trinajstić information content (AvgIpc) is 3.16. The van der Waals surface area contributed by atoms with E-state index >= 15 is 0 Å². The minimum atomic E-state index is -1.47. The molecule has 0 fully saturated rings. The molecule has 0 spiro atoms. The summed E-state index contributed by atoms with van der Waals surface area (Å²) in [6.45, 7) is 3.05. The molecule has 1 nitrogen and oxygen atoms in total. The third kappa shape index (κ3) is 4.38. The van der Waals surface area contributed by atoms with E-state index in [9.17, 15) is 15.1 Å². The highest BCUT2D eigenvalue weighted by molar-refractivity contribution is 6.18. The first-order chi connectivity index (χ1) is 37.7. The lowest BCUT2D eigenvalue weighted by Crippen LogP contribution is -2.14. The smallest absolute Gasteiger partial charge is 0.143 e. The maximum absolute atomic E-state index is 9.78. The van der Waals surface area contributed by atoms with Gasteiger partial charge in [0, 0.05) is 21.6 Å². The van der Waals surface area contributed by atoms with Crippen molar-refractivity contribution in [1.29, 1.82) is 0 Å². The lowest BCUT2D eigenvalue weighted by atomic mass is 9.82. The van der Waals surface area contributed by atoms with Crippen molar-refractivity contribution >= 4 is 54.3 Å². The highest BCUT2D eigenvalue weighted by Gasteiger charge is 2.36. The Balaban J connectivity index is 1.31. The first-order valence-electron chi connectivity index (χ1n) is 30.4.